The summed E-state index contributed by atoms with van der Waals surface area (Å²) in [6.45, 7) is 3.53. The average molecular weight is 326 g/mol. The van der Waals surface area contributed by atoms with Crippen LogP contribution in [0.1, 0.15) is 18.6 Å². The van der Waals surface area contributed by atoms with E-state index in [0.29, 0.717) is 17.4 Å². The molecule has 0 unspecified atom stereocenters. The summed E-state index contributed by atoms with van der Waals surface area (Å²) in [4.78, 5) is 2.51. The number of aromatic nitrogens is 1. The molecule has 126 valence electrons. The molecule has 3 saturated heterocycles. The van der Waals surface area contributed by atoms with Gasteiger partial charge in [-0.25, -0.2) is 0 Å². The number of methoxy groups -OCH3 is 2. The lowest BCUT2D eigenvalue weighted by atomic mass is 9.83. The van der Waals surface area contributed by atoms with Gasteiger partial charge in [-0.3, -0.25) is 4.90 Å². The molecule has 5 rings (SSSR count). The van der Waals surface area contributed by atoms with E-state index in [1.807, 2.05) is 24.3 Å². The molecule has 2 bridgehead atoms. The van der Waals surface area contributed by atoms with Gasteiger partial charge < -0.3 is 14.0 Å². The first kappa shape index (κ1) is 15.3. The van der Waals surface area contributed by atoms with Crippen LogP contribution in [0.3, 0.4) is 0 Å². The van der Waals surface area contributed by atoms with Gasteiger partial charge in [0.25, 0.3) is 0 Å². The molecule has 0 aliphatic carbocycles. The van der Waals surface area contributed by atoms with Gasteiger partial charge in [-0.05, 0) is 61.7 Å². The molecule has 1 aromatic carbocycles. The summed E-state index contributed by atoms with van der Waals surface area (Å²) >= 11 is 0. The third-order valence-corrected chi connectivity index (χ3v) is 5.05. The Hall–Kier alpha value is -2.27. The molecule has 0 amide bonds. The van der Waals surface area contributed by atoms with Crippen molar-refractivity contribution in [1.29, 1.82) is 0 Å². The van der Waals surface area contributed by atoms with Crippen LogP contribution in [-0.4, -0.2) is 43.9 Å². The lowest BCUT2D eigenvalue weighted by Crippen LogP contribution is -2.42. The van der Waals surface area contributed by atoms with Crippen LogP contribution in [-0.2, 0) is 0 Å². The van der Waals surface area contributed by atoms with E-state index in [0.717, 1.165) is 23.6 Å². The SMILES string of the molecule is COc1ccc(-c2cc(/C=C3\CN4CCC3CC4)on2)cc1OC. The van der Waals surface area contributed by atoms with Crippen molar-refractivity contribution in [2.45, 2.75) is 12.8 Å². The standard InChI is InChI=1S/C19H22N2O3/c1-22-18-4-3-14(10-19(18)23-2)17-11-16(24-20-17)9-15-12-21-7-5-13(15)6-8-21/h3-4,9-11,13H,5-8,12H2,1-2H3/b15-9+. The molecule has 3 aliphatic heterocycles. The molecule has 5 heteroatoms. The van der Waals surface area contributed by atoms with Crippen molar-refractivity contribution in [3.8, 4) is 22.8 Å². The molecule has 3 fully saturated rings. The Morgan fingerprint density at radius 1 is 1.12 bits per heavy atom. The molecule has 0 radical (unpaired) electrons. The lowest BCUT2D eigenvalue weighted by Gasteiger charge is -2.40. The molecule has 3 aliphatic rings. The number of hydrogen-bond donors (Lipinski definition) is 0. The zero-order valence-electron chi connectivity index (χ0n) is 14.1. The van der Waals surface area contributed by atoms with Gasteiger partial charge in [0.2, 0.25) is 0 Å². The van der Waals surface area contributed by atoms with Crippen LogP contribution in [0, 0.1) is 5.92 Å². The first-order valence-corrected chi connectivity index (χ1v) is 8.39. The molecule has 0 saturated carbocycles. The fourth-order valence-electron chi connectivity index (χ4n) is 3.68. The van der Waals surface area contributed by atoms with E-state index in [2.05, 4.69) is 16.1 Å². The number of hydrogen-bond acceptors (Lipinski definition) is 5. The Balaban J connectivity index is 1.59. The van der Waals surface area contributed by atoms with E-state index >= 15 is 0 Å². The number of fused-ring (bicyclic) bond motifs is 3. The summed E-state index contributed by atoms with van der Waals surface area (Å²) in [5, 5.41) is 4.22. The van der Waals surface area contributed by atoms with E-state index in [4.69, 9.17) is 14.0 Å². The minimum atomic E-state index is 0.690. The predicted octanol–water partition coefficient (Wildman–Crippen LogP) is 3.47. The Bertz CT molecular complexity index is 758. The highest BCUT2D eigenvalue weighted by Gasteiger charge is 2.29. The van der Waals surface area contributed by atoms with E-state index in [1.54, 1.807) is 14.2 Å². The first-order chi connectivity index (χ1) is 11.8. The zero-order valence-corrected chi connectivity index (χ0v) is 14.1. The van der Waals surface area contributed by atoms with Gasteiger partial charge in [0.15, 0.2) is 17.3 Å². The van der Waals surface area contributed by atoms with E-state index in [1.165, 1.54) is 31.5 Å². The first-order valence-electron chi connectivity index (χ1n) is 8.39. The molecular weight excluding hydrogens is 304 g/mol. The highest BCUT2D eigenvalue weighted by molar-refractivity contribution is 5.66. The maximum Gasteiger partial charge on any atom is 0.161 e. The maximum atomic E-state index is 5.54. The van der Waals surface area contributed by atoms with E-state index < -0.39 is 0 Å². The van der Waals surface area contributed by atoms with Crippen molar-refractivity contribution < 1.29 is 14.0 Å². The topological polar surface area (TPSA) is 47.7 Å². The van der Waals surface area contributed by atoms with Crippen LogP contribution in [0.4, 0.5) is 0 Å². The largest absolute Gasteiger partial charge is 0.493 e. The monoisotopic (exact) mass is 326 g/mol. The van der Waals surface area contributed by atoms with Gasteiger partial charge in [0.05, 0.1) is 14.2 Å². The minimum Gasteiger partial charge on any atom is -0.493 e. The van der Waals surface area contributed by atoms with Crippen molar-refractivity contribution in [2.75, 3.05) is 33.9 Å². The van der Waals surface area contributed by atoms with Crippen molar-refractivity contribution in [3.63, 3.8) is 0 Å². The van der Waals surface area contributed by atoms with Crippen molar-refractivity contribution in [2.24, 2.45) is 5.92 Å². The van der Waals surface area contributed by atoms with Gasteiger partial charge in [-0.15, -0.1) is 0 Å². The highest BCUT2D eigenvalue weighted by Crippen LogP contribution is 2.34. The number of benzene rings is 1. The Morgan fingerprint density at radius 3 is 2.58 bits per heavy atom. The van der Waals surface area contributed by atoms with Gasteiger partial charge >= 0.3 is 0 Å². The van der Waals surface area contributed by atoms with Crippen LogP contribution in [0.2, 0.25) is 0 Å². The Labute approximate surface area is 141 Å². The third kappa shape index (κ3) is 2.80. The molecule has 1 aromatic heterocycles. The van der Waals surface area contributed by atoms with E-state index in [9.17, 15) is 0 Å². The second kappa shape index (κ2) is 6.32. The van der Waals surface area contributed by atoms with Gasteiger partial charge in [-0.2, -0.15) is 0 Å². The summed E-state index contributed by atoms with van der Waals surface area (Å²) in [6.07, 6.45) is 4.71. The summed E-state index contributed by atoms with van der Waals surface area (Å²) in [5.41, 5.74) is 3.24. The second-order valence-electron chi connectivity index (χ2n) is 6.45. The number of nitrogens with zero attached hydrogens (tertiary/aromatic N) is 2. The molecule has 4 heterocycles. The summed E-state index contributed by atoms with van der Waals surface area (Å²) in [6, 6.07) is 7.76. The van der Waals surface area contributed by atoms with Crippen molar-refractivity contribution >= 4 is 6.08 Å². The zero-order chi connectivity index (χ0) is 16.5. The van der Waals surface area contributed by atoms with Crippen LogP contribution in [0.15, 0.2) is 34.4 Å². The van der Waals surface area contributed by atoms with Crippen LogP contribution in [0.5, 0.6) is 11.5 Å². The molecule has 24 heavy (non-hydrogen) atoms. The highest BCUT2D eigenvalue weighted by atomic mass is 16.5. The van der Waals surface area contributed by atoms with Crippen LogP contribution in [0.25, 0.3) is 17.3 Å². The molecule has 0 atom stereocenters. The molecule has 2 aromatic rings. The van der Waals surface area contributed by atoms with Gasteiger partial charge in [0, 0.05) is 18.2 Å². The maximum absolute atomic E-state index is 5.54. The Morgan fingerprint density at radius 2 is 1.92 bits per heavy atom. The van der Waals surface area contributed by atoms with Crippen LogP contribution < -0.4 is 9.47 Å². The normalized spacial score (nSPS) is 24.3. The number of piperidine rings is 3. The fourth-order valence-corrected chi connectivity index (χ4v) is 3.68. The summed E-state index contributed by atoms with van der Waals surface area (Å²) < 4.78 is 16.2. The summed E-state index contributed by atoms with van der Waals surface area (Å²) in [5.74, 6) is 2.93. The smallest absolute Gasteiger partial charge is 0.161 e. The third-order valence-electron chi connectivity index (χ3n) is 5.05. The molecule has 0 spiro atoms. The lowest BCUT2D eigenvalue weighted by molar-refractivity contribution is 0.163. The van der Waals surface area contributed by atoms with Crippen molar-refractivity contribution in [1.82, 2.24) is 10.1 Å². The van der Waals surface area contributed by atoms with Crippen LogP contribution >= 0.6 is 0 Å². The average Bonchev–Trinajstić information content (AvgIpc) is 3.10. The number of ether oxygens (including phenoxy) is 2. The molecule has 5 nitrogen and oxygen atoms in total. The Kier molecular flexibility index (Phi) is 4.02. The molecular formula is C19H22N2O3. The van der Waals surface area contributed by atoms with E-state index in [-0.39, 0.29) is 0 Å². The fraction of sp³-hybridized carbons (Fsp3) is 0.421. The predicted molar refractivity (Wildman–Crippen MR) is 92.2 cm³/mol. The molecule has 0 N–H and O–H groups in total. The minimum absolute atomic E-state index is 0.690. The summed E-state index contributed by atoms with van der Waals surface area (Å²) in [7, 11) is 3.26. The van der Waals surface area contributed by atoms with Gasteiger partial charge in [-0.1, -0.05) is 5.16 Å². The van der Waals surface area contributed by atoms with Gasteiger partial charge in [0.1, 0.15) is 5.69 Å². The number of rotatable bonds is 4. The second-order valence-corrected chi connectivity index (χ2v) is 6.45. The van der Waals surface area contributed by atoms with Crippen molar-refractivity contribution in [3.05, 3.63) is 35.6 Å². The quantitative estimate of drug-likeness (QED) is 0.861.